The van der Waals surface area contributed by atoms with Crippen LogP contribution in [0.15, 0.2) is 42.5 Å². The highest BCUT2D eigenvalue weighted by Gasteiger charge is 2.09. The molecule has 0 fully saturated rings. The average molecular weight is 268 g/mol. The van der Waals surface area contributed by atoms with E-state index in [1.54, 1.807) is 4.68 Å². The van der Waals surface area contributed by atoms with Gasteiger partial charge in [0.1, 0.15) is 11.3 Å². The van der Waals surface area contributed by atoms with Crippen LogP contribution >= 0.6 is 0 Å². The van der Waals surface area contributed by atoms with Crippen molar-refractivity contribution in [3.05, 3.63) is 42.5 Å². The minimum atomic E-state index is 0.0695. The van der Waals surface area contributed by atoms with E-state index in [1.165, 1.54) is 0 Å². The summed E-state index contributed by atoms with van der Waals surface area (Å²) in [6.07, 6.45) is 0.0695. The van der Waals surface area contributed by atoms with Gasteiger partial charge in [-0.25, -0.2) is 4.68 Å². The molecule has 0 saturated carbocycles. The van der Waals surface area contributed by atoms with Gasteiger partial charge in [0, 0.05) is 6.07 Å². The van der Waals surface area contributed by atoms with Gasteiger partial charge in [-0.3, -0.25) is 0 Å². The number of benzene rings is 2. The molecule has 0 atom stereocenters. The lowest BCUT2D eigenvalue weighted by Gasteiger charge is -2.13. The third-order valence-electron chi connectivity index (χ3n) is 2.96. The van der Waals surface area contributed by atoms with Gasteiger partial charge in [-0.1, -0.05) is 17.3 Å². The summed E-state index contributed by atoms with van der Waals surface area (Å²) in [7, 11) is 0. The standard InChI is InChI=1S/C15H16N4O/c1-10(2)20-15-9-11(7-8-12(15)16)19-14-6-4-3-5-13(14)17-18-19/h3-10H,16H2,1-2H3. The Balaban J connectivity index is 2.10. The number of fused-ring (bicyclic) bond motifs is 1. The fraction of sp³-hybridized carbons (Fsp3) is 0.200. The van der Waals surface area contributed by atoms with E-state index in [0.29, 0.717) is 11.4 Å². The van der Waals surface area contributed by atoms with Crippen molar-refractivity contribution in [3.8, 4) is 11.4 Å². The predicted molar refractivity (Wildman–Crippen MR) is 79.0 cm³/mol. The zero-order chi connectivity index (χ0) is 14.1. The number of hydrogen-bond acceptors (Lipinski definition) is 4. The minimum absolute atomic E-state index is 0.0695. The molecule has 0 radical (unpaired) electrons. The molecule has 2 aromatic carbocycles. The molecule has 1 aromatic heterocycles. The van der Waals surface area contributed by atoms with Crippen LogP contribution in [0.5, 0.6) is 5.75 Å². The van der Waals surface area contributed by atoms with Gasteiger partial charge in [0.25, 0.3) is 0 Å². The van der Waals surface area contributed by atoms with Crippen LogP contribution in [0.2, 0.25) is 0 Å². The number of nitrogens with two attached hydrogens (primary N) is 1. The van der Waals surface area contributed by atoms with Crippen LogP contribution in [-0.2, 0) is 0 Å². The molecule has 1 heterocycles. The van der Waals surface area contributed by atoms with Gasteiger partial charge in [-0.05, 0) is 38.1 Å². The number of anilines is 1. The first-order valence-electron chi connectivity index (χ1n) is 6.52. The largest absolute Gasteiger partial charge is 0.489 e. The fourth-order valence-electron chi connectivity index (χ4n) is 2.07. The number of ether oxygens (including phenoxy) is 1. The first-order chi connectivity index (χ1) is 9.65. The highest BCUT2D eigenvalue weighted by atomic mass is 16.5. The van der Waals surface area contributed by atoms with Crippen LogP contribution in [-0.4, -0.2) is 21.1 Å². The predicted octanol–water partition coefficient (Wildman–Crippen LogP) is 2.79. The molecule has 0 spiro atoms. The molecule has 102 valence electrons. The highest BCUT2D eigenvalue weighted by Crippen LogP contribution is 2.26. The van der Waals surface area contributed by atoms with Crippen molar-refractivity contribution in [3.63, 3.8) is 0 Å². The van der Waals surface area contributed by atoms with Gasteiger partial charge in [0.2, 0.25) is 0 Å². The van der Waals surface area contributed by atoms with Crippen molar-refractivity contribution in [2.45, 2.75) is 20.0 Å². The van der Waals surface area contributed by atoms with Crippen LogP contribution in [0.25, 0.3) is 16.7 Å². The van der Waals surface area contributed by atoms with Crippen LogP contribution in [0.4, 0.5) is 5.69 Å². The average Bonchev–Trinajstić information content (AvgIpc) is 2.85. The van der Waals surface area contributed by atoms with Crippen LogP contribution in [0.1, 0.15) is 13.8 Å². The Kier molecular flexibility index (Phi) is 3.02. The maximum absolute atomic E-state index is 5.93. The number of rotatable bonds is 3. The normalized spacial score (nSPS) is 11.2. The molecule has 0 aliphatic heterocycles. The Morgan fingerprint density at radius 3 is 2.75 bits per heavy atom. The van der Waals surface area contributed by atoms with Gasteiger partial charge in [0.15, 0.2) is 0 Å². The quantitative estimate of drug-likeness (QED) is 0.742. The number of nitrogens with zero attached hydrogens (tertiary/aromatic N) is 3. The second-order valence-electron chi connectivity index (χ2n) is 4.88. The van der Waals surface area contributed by atoms with Crippen molar-refractivity contribution >= 4 is 16.7 Å². The summed E-state index contributed by atoms with van der Waals surface area (Å²) in [5.41, 5.74) is 9.24. The van der Waals surface area contributed by atoms with Gasteiger partial charge in [-0.2, -0.15) is 0 Å². The van der Waals surface area contributed by atoms with Crippen LogP contribution in [0, 0.1) is 0 Å². The Labute approximate surface area is 117 Å². The van der Waals surface area contributed by atoms with E-state index in [2.05, 4.69) is 10.3 Å². The molecule has 0 amide bonds. The monoisotopic (exact) mass is 268 g/mol. The molecule has 20 heavy (non-hydrogen) atoms. The molecular weight excluding hydrogens is 252 g/mol. The SMILES string of the molecule is CC(C)Oc1cc(-n2nnc3ccccc32)ccc1N. The van der Waals surface area contributed by atoms with E-state index in [1.807, 2.05) is 56.3 Å². The Bertz CT molecular complexity index is 748. The van der Waals surface area contributed by atoms with E-state index < -0.39 is 0 Å². The molecule has 0 aliphatic carbocycles. The molecule has 5 nitrogen and oxygen atoms in total. The Morgan fingerprint density at radius 2 is 1.95 bits per heavy atom. The summed E-state index contributed by atoms with van der Waals surface area (Å²) < 4.78 is 7.49. The zero-order valence-electron chi connectivity index (χ0n) is 11.4. The molecule has 2 N–H and O–H groups in total. The van der Waals surface area contributed by atoms with Crippen LogP contribution < -0.4 is 10.5 Å². The summed E-state index contributed by atoms with van der Waals surface area (Å²) in [6, 6.07) is 13.4. The van der Waals surface area contributed by atoms with Gasteiger partial charge < -0.3 is 10.5 Å². The number of para-hydroxylation sites is 1. The third-order valence-corrected chi connectivity index (χ3v) is 2.96. The van der Waals surface area contributed by atoms with Crippen molar-refractivity contribution in [1.82, 2.24) is 15.0 Å². The van der Waals surface area contributed by atoms with Crippen molar-refractivity contribution in [2.75, 3.05) is 5.73 Å². The summed E-state index contributed by atoms with van der Waals surface area (Å²) in [6.45, 7) is 3.94. The maximum atomic E-state index is 5.93. The molecule has 3 rings (SSSR count). The zero-order valence-corrected chi connectivity index (χ0v) is 11.4. The summed E-state index contributed by atoms with van der Waals surface area (Å²) >= 11 is 0. The summed E-state index contributed by atoms with van der Waals surface area (Å²) in [5, 5.41) is 8.33. The minimum Gasteiger partial charge on any atom is -0.489 e. The van der Waals surface area contributed by atoms with E-state index in [9.17, 15) is 0 Å². The highest BCUT2D eigenvalue weighted by molar-refractivity contribution is 5.76. The molecular formula is C15H16N4O. The first-order valence-corrected chi connectivity index (χ1v) is 6.52. The van der Waals surface area contributed by atoms with E-state index in [4.69, 9.17) is 10.5 Å². The van der Waals surface area contributed by atoms with Crippen LogP contribution in [0.3, 0.4) is 0 Å². The lowest BCUT2D eigenvalue weighted by molar-refractivity contribution is 0.244. The third kappa shape index (κ3) is 2.18. The van der Waals surface area contributed by atoms with Gasteiger partial charge >= 0.3 is 0 Å². The first kappa shape index (κ1) is 12.5. The second-order valence-corrected chi connectivity index (χ2v) is 4.88. The fourth-order valence-corrected chi connectivity index (χ4v) is 2.07. The molecule has 0 bridgehead atoms. The van der Waals surface area contributed by atoms with E-state index >= 15 is 0 Å². The van der Waals surface area contributed by atoms with E-state index in [0.717, 1.165) is 16.7 Å². The summed E-state index contributed by atoms with van der Waals surface area (Å²) in [4.78, 5) is 0. The van der Waals surface area contributed by atoms with E-state index in [-0.39, 0.29) is 6.10 Å². The molecule has 3 aromatic rings. The van der Waals surface area contributed by atoms with Crippen molar-refractivity contribution in [2.24, 2.45) is 0 Å². The maximum Gasteiger partial charge on any atom is 0.144 e. The van der Waals surface area contributed by atoms with Gasteiger partial charge in [-0.15, -0.1) is 5.10 Å². The van der Waals surface area contributed by atoms with Gasteiger partial charge in [0.05, 0.1) is 23.0 Å². The molecule has 0 unspecified atom stereocenters. The lowest BCUT2D eigenvalue weighted by Crippen LogP contribution is -2.08. The van der Waals surface area contributed by atoms with Crippen molar-refractivity contribution in [1.29, 1.82) is 0 Å². The van der Waals surface area contributed by atoms with Crippen molar-refractivity contribution < 1.29 is 4.74 Å². The second kappa shape index (κ2) is 4.85. The Morgan fingerprint density at radius 1 is 1.15 bits per heavy atom. The smallest absolute Gasteiger partial charge is 0.144 e. The summed E-state index contributed by atoms with van der Waals surface area (Å²) in [5.74, 6) is 0.664. The topological polar surface area (TPSA) is 66.0 Å². The Hall–Kier alpha value is -2.56. The number of hydrogen-bond donors (Lipinski definition) is 1. The lowest BCUT2D eigenvalue weighted by atomic mass is 10.2. The molecule has 0 aliphatic rings. The molecule has 5 heteroatoms. The number of aromatic nitrogens is 3. The number of nitrogen functional groups attached to an aromatic ring is 1. The molecule has 0 saturated heterocycles.